The molecule has 0 aliphatic carbocycles. The van der Waals surface area contributed by atoms with Crippen molar-refractivity contribution in [1.82, 2.24) is 5.32 Å². The molecule has 0 saturated carbocycles. The summed E-state index contributed by atoms with van der Waals surface area (Å²) in [6.07, 6.45) is 1.68. The third kappa shape index (κ3) is 6.03. The second-order valence-corrected chi connectivity index (χ2v) is 8.64. The minimum atomic E-state index is -0.589. The van der Waals surface area contributed by atoms with Crippen molar-refractivity contribution in [3.8, 4) is 17.2 Å². The van der Waals surface area contributed by atoms with Crippen molar-refractivity contribution in [2.24, 2.45) is 4.99 Å². The van der Waals surface area contributed by atoms with Crippen molar-refractivity contribution < 1.29 is 23.8 Å². The van der Waals surface area contributed by atoms with E-state index < -0.39 is 5.97 Å². The molecule has 3 aromatic carbocycles. The summed E-state index contributed by atoms with van der Waals surface area (Å²) < 4.78 is 16.4. The molecule has 3 aromatic rings. The molecule has 0 bridgehead atoms. The molecule has 1 N–H and O–H groups in total. The number of hydrogen-bond donors (Lipinski definition) is 1. The van der Waals surface area contributed by atoms with Gasteiger partial charge in [0.15, 0.2) is 16.7 Å². The van der Waals surface area contributed by atoms with Gasteiger partial charge in [-0.25, -0.2) is 9.79 Å². The summed E-state index contributed by atoms with van der Waals surface area (Å²) in [7, 11) is 1.54. The van der Waals surface area contributed by atoms with Gasteiger partial charge in [-0.15, -0.1) is 0 Å². The number of aliphatic imine (C=N–C) groups is 1. The van der Waals surface area contributed by atoms with Crippen LogP contribution in [0.5, 0.6) is 17.2 Å². The molecule has 35 heavy (non-hydrogen) atoms. The highest BCUT2D eigenvalue weighted by molar-refractivity contribution is 8.18. The van der Waals surface area contributed by atoms with Crippen molar-refractivity contribution in [3.05, 3.63) is 87.8 Å². The Kier molecular flexibility index (Phi) is 7.74. The van der Waals surface area contributed by atoms with Crippen LogP contribution in [0.2, 0.25) is 5.02 Å². The fraction of sp³-hybridized carbons (Fsp3) is 0.115. The van der Waals surface area contributed by atoms with Gasteiger partial charge < -0.3 is 19.5 Å². The highest BCUT2D eigenvalue weighted by Crippen LogP contribution is 2.39. The molecule has 1 saturated heterocycles. The van der Waals surface area contributed by atoms with Crippen LogP contribution in [-0.4, -0.2) is 30.8 Å². The number of rotatable bonds is 7. The van der Waals surface area contributed by atoms with Crippen LogP contribution in [0.4, 0.5) is 5.69 Å². The number of hydrogen-bond acceptors (Lipinski definition) is 7. The number of nitrogens with one attached hydrogen (secondary N) is 1. The van der Waals surface area contributed by atoms with Crippen LogP contribution in [0.1, 0.15) is 22.8 Å². The number of carbonyl (C=O) groups is 2. The van der Waals surface area contributed by atoms with Crippen molar-refractivity contribution in [3.63, 3.8) is 0 Å². The molecule has 1 aliphatic rings. The molecule has 0 spiro atoms. The topological polar surface area (TPSA) is 86.2 Å². The summed E-state index contributed by atoms with van der Waals surface area (Å²) in [5.74, 6) is 0.155. The summed E-state index contributed by atoms with van der Waals surface area (Å²) in [5.41, 5.74) is 1.68. The average molecular weight is 509 g/mol. The Balaban J connectivity index is 1.58. The van der Waals surface area contributed by atoms with Gasteiger partial charge >= 0.3 is 5.97 Å². The summed E-state index contributed by atoms with van der Waals surface area (Å²) in [4.78, 5) is 30.0. The van der Waals surface area contributed by atoms with Crippen LogP contribution in [0, 0.1) is 0 Å². The van der Waals surface area contributed by atoms with Crippen molar-refractivity contribution in [2.45, 2.75) is 6.92 Å². The number of nitrogens with zero attached hydrogens (tertiary/aromatic N) is 1. The van der Waals surface area contributed by atoms with Gasteiger partial charge in [0.2, 0.25) is 0 Å². The number of halogens is 1. The monoisotopic (exact) mass is 508 g/mol. The van der Waals surface area contributed by atoms with E-state index in [1.807, 2.05) is 30.3 Å². The smallest absolute Gasteiger partial charge is 0.343 e. The number of amides is 1. The van der Waals surface area contributed by atoms with Gasteiger partial charge in [-0.3, -0.25) is 4.79 Å². The predicted molar refractivity (Wildman–Crippen MR) is 138 cm³/mol. The molecular formula is C26H21ClN2O5S. The van der Waals surface area contributed by atoms with Gasteiger partial charge in [0.1, 0.15) is 5.75 Å². The highest BCUT2D eigenvalue weighted by Gasteiger charge is 2.24. The summed E-state index contributed by atoms with van der Waals surface area (Å²) in [5, 5.41) is 3.41. The zero-order valence-corrected chi connectivity index (χ0v) is 20.5. The number of benzene rings is 3. The first-order valence-electron chi connectivity index (χ1n) is 10.6. The van der Waals surface area contributed by atoms with E-state index in [4.69, 9.17) is 25.8 Å². The van der Waals surface area contributed by atoms with Gasteiger partial charge in [0, 0.05) is 0 Å². The molecule has 0 aromatic heterocycles. The molecular weight excluding hydrogens is 488 g/mol. The third-order valence-corrected chi connectivity index (χ3v) is 5.98. The fourth-order valence-electron chi connectivity index (χ4n) is 3.16. The molecule has 0 radical (unpaired) electrons. The second-order valence-electron chi connectivity index (χ2n) is 7.20. The maximum atomic E-state index is 12.7. The second kappa shape index (κ2) is 11.1. The van der Waals surface area contributed by atoms with E-state index in [1.165, 1.54) is 11.8 Å². The number of thioether (sulfide) groups is 1. The van der Waals surface area contributed by atoms with E-state index in [0.29, 0.717) is 33.6 Å². The molecule has 1 aliphatic heterocycles. The lowest BCUT2D eigenvalue weighted by Gasteiger charge is -2.13. The molecule has 0 atom stereocenters. The minimum absolute atomic E-state index is 0.103. The molecule has 0 unspecified atom stereocenters. The maximum absolute atomic E-state index is 12.7. The van der Waals surface area contributed by atoms with Crippen LogP contribution in [-0.2, 0) is 4.79 Å². The molecule has 4 rings (SSSR count). The normalized spacial score (nSPS) is 15.2. The summed E-state index contributed by atoms with van der Waals surface area (Å²) in [6.45, 7) is 2.13. The lowest BCUT2D eigenvalue weighted by Crippen LogP contribution is -2.19. The zero-order chi connectivity index (χ0) is 24.8. The molecule has 9 heteroatoms. The van der Waals surface area contributed by atoms with E-state index in [1.54, 1.807) is 56.5 Å². The van der Waals surface area contributed by atoms with E-state index in [-0.39, 0.29) is 22.4 Å². The molecule has 178 valence electrons. The fourth-order valence-corrected chi connectivity index (χ4v) is 4.26. The Morgan fingerprint density at radius 3 is 2.54 bits per heavy atom. The van der Waals surface area contributed by atoms with Crippen molar-refractivity contribution in [1.29, 1.82) is 0 Å². The average Bonchev–Trinajstić information content (AvgIpc) is 3.20. The lowest BCUT2D eigenvalue weighted by molar-refractivity contribution is -0.115. The number of carbonyl (C=O) groups excluding carboxylic acids is 2. The van der Waals surface area contributed by atoms with Crippen LogP contribution >= 0.6 is 23.4 Å². The standard InChI is InChI=1S/C26H21ClN2O5S/c1-3-33-21-14-16(15-22-24(30)29-26(35-22)28-18-7-5-4-6-8-18)13-20(27)23(21)34-25(31)17-9-11-19(32-2)12-10-17/h4-15H,3H2,1-2H3,(H,28,29,30)/b22-15-. The number of ether oxygens (including phenoxy) is 3. The van der Waals surface area contributed by atoms with E-state index >= 15 is 0 Å². The number of amidine groups is 1. The molecule has 1 fully saturated rings. The van der Waals surface area contributed by atoms with Gasteiger partial charge in [-0.2, -0.15) is 0 Å². The lowest BCUT2D eigenvalue weighted by atomic mass is 10.1. The highest BCUT2D eigenvalue weighted by atomic mass is 35.5. The Morgan fingerprint density at radius 1 is 1.11 bits per heavy atom. The SMILES string of the molecule is CCOc1cc(/C=C2\SC(=Nc3ccccc3)NC2=O)cc(Cl)c1OC(=O)c1ccc(OC)cc1. The van der Waals surface area contributed by atoms with Crippen molar-refractivity contribution >= 4 is 52.2 Å². The first-order valence-corrected chi connectivity index (χ1v) is 11.8. The number of esters is 1. The van der Waals surface area contributed by atoms with E-state index in [9.17, 15) is 9.59 Å². The number of para-hydroxylation sites is 1. The molecule has 7 nitrogen and oxygen atoms in total. The zero-order valence-electron chi connectivity index (χ0n) is 18.9. The van der Waals surface area contributed by atoms with Gasteiger partial charge in [-0.05, 0) is 78.9 Å². The summed E-state index contributed by atoms with van der Waals surface area (Å²) in [6, 6.07) is 19.1. The predicted octanol–water partition coefficient (Wildman–Crippen LogP) is 5.86. The Bertz CT molecular complexity index is 1310. The van der Waals surface area contributed by atoms with Crippen LogP contribution < -0.4 is 19.5 Å². The van der Waals surface area contributed by atoms with E-state index in [0.717, 1.165) is 5.69 Å². The Morgan fingerprint density at radius 2 is 1.86 bits per heavy atom. The largest absolute Gasteiger partial charge is 0.497 e. The molecule has 1 amide bonds. The maximum Gasteiger partial charge on any atom is 0.343 e. The van der Waals surface area contributed by atoms with Gasteiger partial charge in [0.05, 0.1) is 34.9 Å². The molecule has 1 heterocycles. The van der Waals surface area contributed by atoms with Crippen LogP contribution in [0.25, 0.3) is 6.08 Å². The first-order chi connectivity index (χ1) is 17.0. The van der Waals surface area contributed by atoms with Gasteiger partial charge in [-0.1, -0.05) is 29.8 Å². The Hall–Kier alpha value is -3.75. The number of methoxy groups -OCH3 is 1. The van der Waals surface area contributed by atoms with Gasteiger partial charge in [0.25, 0.3) is 5.91 Å². The minimum Gasteiger partial charge on any atom is -0.497 e. The summed E-state index contributed by atoms with van der Waals surface area (Å²) >= 11 is 7.69. The third-order valence-electron chi connectivity index (χ3n) is 4.79. The van der Waals surface area contributed by atoms with E-state index in [2.05, 4.69) is 10.3 Å². The first kappa shape index (κ1) is 24.4. The quantitative estimate of drug-likeness (QED) is 0.244. The Labute approximate surface area is 211 Å². The van der Waals surface area contributed by atoms with Crippen LogP contribution in [0.3, 0.4) is 0 Å². The van der Waals surface area contributed by atoms with Crippen LogP contribution in [0.15, 0.2) is 76.6 Å². The van der Waals surface area contributed by atoms with Crippen molar-refractivity contribution in [2.75, 3.05) is 13.7 Å².